The predicted octanol–water partition coefficient (Wildman–Crippen LogP) is 15.4. The Kier molecular flexibility index (Phi) is 54.9. The van der Waals surface area contributed by atoms with Crippen LogP contribution in [0.25, 0.3) is 0 Å². The second-order valence-corrected chi connectivity index (χ2v) is 25.7. The smallest absolute Gasteiger partial charge is 0.220 e. The van der Waals surface area contributed by atoms with Crippen LogP contribution in [-0.2, 0) is 23.7 Å². The quantitative estimate of drug-likeness (QED) is 0.0204. The molecule has 0 aromatic rings. The van der Waals surface area contributed by atoms with Crippen LogP contribution in [0.3, 0.4) is 0 Å². The lowest BCUT2D eigenvalue weighted by molar-refractivity contribution is -0.359. The maximum absolute atomic E-state index is 13.3. The van der Waals surface area contributed by atoms with E-state index in [0.29, 0.717) is 12.8 Å². The molecule has 518 valence electrons. The van der Waals surface area contributed by atoms with Gasteiger partial charge in [0.25, 0.3) is 0 Å². The zero-order valence-corrected chi connectivity index (χ0v) is 56.4. The average Bonchev–Trinajstić information content (AvgIpc) is 3.63. The van der Waals surface area contributed by atoms with E-state index in [1.165, 1.54) is 205 Å². The molecule has 1 amide bonds. The topological polar surface area (TPSA) is 228 Å². The van der Waals surface area contributed by atoms with Crippen LogP contribution in [0.5, 0.6) is 0 Å². The number of unbranched alkanes of at least 4 members (excludes halogenated alkanes) is 37. The summed E-state index contributed by atoms with van der Waals surface area (Å²) < 4.78 is 22.9. The van der Waals surface area contributed by atoms with Gasteiger partial charge < -0.3 is 65.1 Å². The van der Waals surface area contributed by atoms with E-state index in [2.05, 4.69) is 79.9 Å². The van der Waals surface area contributed by atoms with E-state index in [0.717, 1.165) is 64.2 Å². The first-order valence-electron chi connectivity index (χ1n) is 36.7. The number of ether oxygens (including phenoxy) is 4. The van der Waals surface area contributed by atoms with Gasteiger partial charge in [0, 0.05) is 6.42 Å². The van der Waals surface area contributed by atoms with Crippen LogP contribution >= 0.6 is 0 Å². The van der Waals surface area contributed by atoms with Gasteiger partial charge in [0.15, 0.2) is 12.6 Å². The lowest BCUT2D eigenvalue weighted by Crippen LogP contribution is -2.65. The molecule has 0 bridgehead atoms. The third kappa shape index (κ3) is 43.1. The molecule has 0 aliphatic carbocycles. The van der Waals surface area contributed by atoms with Crippen LogP contribution in [0.15, 0.2) is 72.9 Å². The molecule has 14 nitrogen and oxygen atoms in total. The number of carbonyl (C=O) groups excluding carboxylic acids is 1. The second-order valence-electron chi connectivity index (χ2n) is 25.7. The van der Waals surface area contributed by atoms with Gasteiger partial charge in [-0.05, 0) is 70.6 Å². The van der Waals surface area contributed by atoms with Gasteiger partial charge in [-0.15, -0.1) is 0 Å². The minimum Gasteiger partial charge on any atom is -0.394 e. The summed E-state index contributed by atoms with van der Waals surface area (Å²) in [5.41, 5.74) is 0. The number of aliphatic hydroxyl groups excluding tert-OH is 8. The van der Waals surface area contributed by atoms with Crippen LogP contribution in [-0.4, -0.2) is 140 Å². The van der Waals surface area contributed by atoms with Crippen LogP contribution < -0.4 is 5.32 Å². The number of hydrogen-bond donors (Lipinski definition) is 9. The van der Waals surface area contributed by atoms with E-state index in [4.69, 9.17) is 18.9 Å². The molecule has 14 heteroatoms. The Balaban J connectivity index is 1.67. The molecular weight excluding hydrogens is 1120 g/mol. The first-order valence-corrected chi connectivity index (χ1v) is 36.7. The van der Waals surface area contributed by atoms with Crippen molar-refractivity contribution in [2.75, 3.05) is 19.8 Å². The van der Waals surface area contributed by atoms with Crippen molar-refractivity contribution in [1.29, 1.82) is 0 Å². The van der Waals surface area contributed by atoms with Crippen LogP contribution in [0.1, 0.15) is 303 Å². The number of allylic oxidation sites excluding steroid dienone is 11. The summed E-state index contributed by atoms with van der Waals surface area (Å²) in [5, 5.41) is 87.5. The summed E-state index contributed by atoms with van der Waals surface area (Å²) in [4.78, 5) is 13.3. The normalized spacial score (nSPS) is 23.4. The highest BCUT2D eigenvalue weighted by Gasteiger charge is 2.51. The molecule has 2 aliphatic heterocycles. The number of aliphatic hydroxyl groups is 8. The fourth-order valence-corrected chi connectivity index (χ4v) is 11.8. The highest BCUT2D eigenvalue weighted by molar-refractivity contribution is 5.76. The van der Waals surface area contributed by atoms with Crippen molar-refractivity contribution < 1.29 is 64.6 Å². The zero-order chi connectivity index (χ0) is 64.5. The number of hydrogen-bond acceptors (Lipinski definition) is 13. The number of amides is 1. The van der Waals surface area contributed by atoms with Crippen molar-refractivity contribution in [2.45, 2.75) is 376 Å². The van der Waals surface area contributed by atoms with Gasteiger partial charge in [0.1, 0.15) is 48.8 Å². The molecule has 0 radical (unpaired) electrons. The number of rotatable bonds is 60. The molecule has 2 fully saturated rings. The molecule has 2 saturated heterocycles. The lowest BCUT2D eigenvalue weighted by Gasteiger charge is -2.46. The molecule has 0 aromatic carbocycles. The first kappa shape index (κ1) is 82.5. The van der Waals surface area contributed by atoms with Gasteiger partial charge >= 0.3 is 0 Å². The number of carbonyl (C=O) groups is 1. The standard InChI is InChI=1S/C75H135NO13/c1-3-5-7-9-11-13-15-17-19-21-23-25-27-28-29-30-31-32-33-34-35-37-38-40-42-44-46-48-50-52-54-56-58-64(79)63(62-86-74-72(85)70(83)73(66(61-78)88-74)89-75-71(84)69(82)68(81)65(60-77)87-75)76-67(80)59-57-55-53-51-49-47-45-43-41-39-36-26-24-22-20-18-16-14-12-10-8-6-4-2/h6,8,12,14,18,20,24,26,48,50,56,58,63-66,68-75,77-79,81-85H,3-5,7,9-11,13,15-17,19,21-23,25,27-47,49,51-55,57,59-62H2,1-2H3,(H,76,80)/b8-6-,14-12-,20-18-,26-24-,50-48+,58-56+. The van der Waals surface area contributed by atoms with E-state index in [1.54, 1.807) is 6.08 Å². The molecule has 2 rings (SSSR count). The van der Waals surface area contributed by atoms with E-state index in [9.17, 15) is 45.6 Å². The lowest BCUT2D eigenvalue weighted by atomic mass is 9.97. The molecular formula is C75H135NO13. The Hall–Kier alpha value is -2.57. The van der Waals surface area contributed by atoms with Crippen LogP contribution in [0, 0.1) is 0 Å². The molecule has 12 unspecified atom stereocenters. The van der Waals surface area contributed by atoms with Crippen molar-refractivity contribution in [2.24, 2.45) is 0 Å². The maximum Gasteiger partial charge on any atom is 0.220 e. The molecule has 0 aromatic heterocycles. The number of nitrogens with one attached hydrogen (secondary N) is 1. The average molecular weight is 1260 g/mol. The molecule has 2 heterocycles. The molecule has 2 aliphatic rings. The Bertz CT molecular complexity index is 1770. The SMILES string of the molecule is CC/C=C\C/C=C\C/C=C\C/C=C\CCCCCCCCCCCCC(=O)NC(COC1OC(CO)C(OC2OC(CO)C(O)C(O)C2O)C(O)C1O)C(O)/C=C/CC/C=C/CCCCCCCCCCCCCCCCCCCCCCCCCCCC. The molecule has 0 spiro atoms. The fraction of sp³-hybridized carbons (Fsp3) is 0.827. The summed E-state index contributed by atoms with van der Waals surface area (Å²) in [5.74, 6) is -0.253. The van der Waals surface area contributed by atoms with Gasteiger partial charge in [-0.2, -0.15) is 0 Å². The Morgan fingerprint density at radius 1 is 0.416 bits per heavy atom. The Labute approximate surface area is 542 Å². The van der Waals surface area contributed by atoms with E-state index >= 15 is 0 Å². The highest BCUT2D eigenvalue weighted by Crippen LogP contribution is 2.30. The molecule has 9 N–H and O–H groups in total. The minimum atomic E-state index is -1.80. The van der Waals surface area contributed by atoms with Gasteiger partial charge in [-0.1, -0.05) is 299 Å². The summed E-state index contributed by atoms with van der Waals surface area (Å²) in [6.45, 7) is 2.70. The monoisotopic (exact) mass is 1260 g/mol. The third-order valence-electron chi connectivity index (χ3n) is 17.6. The van der Waals surface area contributed by atoms with Gasteiger partial charge in [-0.25, -0.2) is 0 Å². The Morgan fingerprint density at radius 3 is 1.24 bits per heavy atom. The largest absolute Gasteiger partial charge is 0.394 e. The van der Waals surface area contributed by atoms with E-state index in [-0.39, 0.29) is 18.9 Å². The Morgan fingerprint density at radius 2 is 0.787 bits per heavy atom. The van der Waals surface area contributed by atoms with E-state index < -0.39 is 86.8 Å². The fourth-order valence-electron chi connectivity index (χ4n) is 11.8. The van der Waals surface area contributed by atoms with Crippen molar-refractivity contribution >= 4 is 5.91 Å². The summed E-state index contributed by atoms with van der Waals surface area (Å²) in [7, 11) is 0. The predicted molar refractivity (Wildman–Crippen MR) is 364 cm³/mol. The van der Waals surface area contributed by atoms with Crippen molar-refractivity contribution in [3.05, 3.63) is 72.9 Å². The second kappa shape index (κ2) is 59.2. The van der Waals surface area contributed by atoms with Crippen molar-refractivity contribution in [3.63, 3.8) is 0 Å². The molecule has 89 heavy (non-hydrogen) atoms. The molecule has 0 saturated carbocycles. The minimum absolute atomic E-state index is 0.253. The highest BCUT2D eigenvalue weighted by atomic mass is 16.7. The summed E-state index contributed by atoms with van der Waals surface area (Å²) in [6, 6.07) is -0.940. The van der Waals surface area contributed by atoms with Crippen LogP contribution in [0.2, 0.25) is 0 Å². The van der Waals surface area contributed by atoms with Crippen molar-refractivity contribution in [1.82, 2.24) is 5.32 Å². The summed E-state index contributed by atoms with van der Waals surface area (Å²) >= 11 is 0. The van der Waals surface area contributed by atoms with Gasteiger partial charge in [-0.3, -0.25) is 4.79 Å². The van der Waals surface area contributed by atoms with Gasteiger partial charge in [0.05, 0.1) is 32.0 Å². The van der Waals surface area contributed by atoms with Crippen molar-refractivity contribution in [3.8, 4) is 0 Å². The maximum atomic E-state index is 13.3. The molecule has 12 atom stereocenters. The third-order valence-corrected chi connectivity index (χ3v) is 17.6. The zero-order valence-electron chi connectivity index (χ0n) is 56.4. The van der Waals surface area contributed by atoms with Gasteiger partial charge in [0.2, 0.25) is 5.91 Å². The first-order chi connectivity index (χ1) is 43.6. The van der Waals surface area contributed by atoms with E-state index in [1.807, 2.05) is 6.08 Å². The van der Waals surface area contributed by atoms with Crippen LogP contribution in [0.4, 0.5) is 0 Å². The summed E-state index contributed by atoms with van der Waals surface area (Å²) in [6.07, 6.45) is 64.0.